The summed E-state index contributed by atoms with van der Waals surface area (Å²) in [4.78, 5) is 11.4. The van der Waals surface area contributed by atoms with Crippen molar-refractivity contribution >= 4 is 23.3 Å². The van der Waals surface area contributed by atoms with Gasteiger partial charge in [-0.2, -0.15) is 0 Å². The first-order valence-corrected chi connectivity index (χ1v) is 6.89. The van der Waals surface area contributed by atoms with E-state index >= 15 is 0 Å². The first-order valence-electron chi connectivity index (χ1n) is 6.52. The number of nitrogens with two attached hydrogens (primary N) is 1. The van der Waals surface area contributed by atoms with Gasteiger partial charge < -0.3 is 10.5 Å². The minimum Gasteiger partial charge on any atom is -0.468 e. The van der Waals surface area contributed by atoms with Gasteiger partial charge in [0.05, 0.1) is 19.7 Å². The number of esters is 1. The second-order valence-corrected chi connectivity index (χ2v) is 5.01. The molecule has 0 heterocycles. The Bertz CT molecular complexity index is 617. The number of benzene rings is 2. The largest absolute Gasteiger partial charge is 0.468 e. The SMILES string of the molecule is COC(=O)CNC(c1ccccc1)c1cc(Cl)ccc1N. The van der Waals surface area contributed by atoms with Crippen molar-refractivity contribution in [3.05, 3.63) is 64.7 Å². The molecule has 0 aliphatic rings. The van der Waals surface area contributed by atoms with Gasteiger partial charge in [-0.15, -0.1) is 0 Å². The summed E-state index contributed by atoms with van der Waals surface area (Å²) in [5.74, 6) is -0.337. The third-order valence-electron chi connectivity index (χ3n) is 3.17. The summed E-state index contributed by atoms with van der Waals surface area (Å²) < 4.78 is 4.67. The lowest BCUT2D eigenvalue weighted by Crippen LogP contribution is -2.29. The number of halogens is 1. The molecule has 5 heteroatoms. The molecule has 110 valence electrons. The molecule has 0 amide bonds. The van der Waals surface area contributed by atoms with Crippen LogP contribution in [0.25, 0.3) is 0 Å². The Hall–Kier alpha value is -2.04. The highest BCUT2D eigenvalue weighted by Crippen LogP contribution is 2.29. The summed E-state index contributed by atoms with van der Waals surface area (Å²) in [5.41, 5.74) is 8.49. The molecule has 2 aromatic rings. The van der Waals surface area contributed by atoms with Gasteiger partial charge in [0.1, 0.15) is 0 Å². The highest BCUT2D eigenvalue weighted by atomic mass is 35.5. The number of anilines is 1. The molecular weight excluding hydrogens is 288 g/mol. The van der Waals surface area contributed by atoms with E-state index in [1.807, 2.05) is 30.3 Å². The van der Waals surface area contributed by atoms with Crippen LogP contribution in [0.3, 0.4) is 0 Å². The molecule has 0 aliphatic heterocycles. The lowest BCUT2D eigenvalue weighted by atomic mass is 9.97. The molecule has 0 saturated carbocycles. The highest BCUT2D eigenvalue weighted by Gasteiger charge is 2.18. The number of methoxy groups -OCH3 is 1. The van der Waals surface area contributed by atoms with E-state index in [9.17, 15) is 4.79 Å². The molecule has 2 aromatic carbocycles. The molecule has 0 saturated heterocycles. The average molecular weight is 305 g/mol. The van der Waals surface area contributed by atoms with E-state index in [4.69, 9.17) is 17.3 Å². The van der Waals surface area contributed by atoms with Crippen molar-refractivity contribution in [3.8, 4) is 0 Å². The van der Waals surface area contributed by atoms with Crippen LogP contribution in [-0.2, 0) is 9.53 Å². The summed E-state index contributed by atoms with van der Waals surface area (Å²) in [7, 11) is 1.36. The fourth-order valence-electron chi connectivity index (χ4n) is 2.11. The van der Waals surface area contributed by atoms with Crippen LogP contribution < -0.4 is 11.1 Å². The number of hydrogen-bond donors (Lipinski definition) is 2. The van der Waals surface area contributed by atoms with E-state index in [0.29, 0.717) is 10.7 Å². The predicted octanol–water partition coefficient (Wildman–Crippen LogP) is 2.77. The van der Waals surface area contributed by atoms with Crippen LogP contribution in [0, 0.1) is 0 Å². The van der Waals surface area contributed by atoms with Crippen LogP contribution in [-0.4, -0.2) is 19.6 Å². The van der Waals surface area contributed by atoms with Gasteiger partial charge in [-0.25, -0.2) is 0 Å². The highest BCUT2D eigenvalue weighted by molar-refractivity contribution is 6.30. The van der Waals surface area contributed by atoms with Crippen LogP contribution >= 0.6 is 11.6 Å². The van der Waals surface area contributed by atoms with Gasteiger partial charge in [0, 0.05) is 10.7 Å². The Labute approximate surface area is 128 Å². The zero-order valence-electron chi connectivity index (χ0n) is 11.7. The predicted molar refractivity (Wildman–Crippen MR) is 84.2 cm³/mol. The van der Waals surface area contributed by atoms with Gasteiger partial charge in [0.25, 0.3) is 0 Å². The van der Waals surface area contributed by atoms with E-state index in [-0.39, 0.29) is 18.6 Å². The molecule has 0 aliphatic carbocycles. The summed E-state index contributed by atoms with van der Waals surface area (Å²) in [5, 5.41) is 3.76. The lowest BCUT2D eigenvalue weighted by Gasteiger charge is -2.21. The Balaban J connectivity index is 2.35. The van der Waals surface area contributed by atoms with E-state index in [1.165, 1.54) is 7.11 Å². The molecule has 0 bridgehead atoms. The maximum atomic E-state index is 11.4. The number of rotatable bonds is 5. The van der Waals surface area contributed by atoms with Crippen LogP contribution in [0.5, 0.6) is 0 Å². The van der Waals surface area contributed by atoms with Gasteiger partial charge in [-0.1, -0.05) is 41.9 Å². The minimum absolute atomic E-state index is 0.0853. The molecule has 3 N–H and O–H groups in total. The van der Waals surface area contributed by atoms with Crippen molar-refractivity contribution in [2.45, 2.75) is 6.04 Å². The van der Waals surface area contributed by atoms with Crippen LogP contribution in [0.1, 0.15) is 17.2 Å². The molecule has 4 nitrogen and oxygen atoms in total. The van der Waals surface area contributed by atoms with Crippen LogP contribution in [0.2, 0.25) is 5.02 Å². The molecule has 0 aromatic heterocycles. The zero-order chi connectivity index (χ0) is 15.2. The Morgan fingerprint density at radius 2 is 2.00 bits per heavy atom. The number of hydrogen-bond acceptors (Lipinski definition) is 4. The fourth-order valence-corrected chi connectivity index (χ4v) is 2.29. The van der Waals surface area contributed by atoms with Crippen molar-refractivity contribution < 1.29 is 9.53 Å². The molecule has 2 rings (SSSR count). The van der Waals surface area contributed by atoms with Crippen LogP contribution in [0.15, 0.2) is 48.5 Å². The average Bonchev–Trinajstić information content (AvgIpc) is 2.51. The van der Waals surface area contributed by atoms with Crippen molar-refractivity contribution in [2.75, 3.05) is 19.4 Å². The summed E-state index contributed by atoms with van der Waals surface area (Å²) in [6.45, 7) is 0.0853. The van der Waals surface area contributed by atoms with E-state index in [1.54, 1.807) is 18.2 Å². The molecule has 0 spiro atoms. The second kappa shape index (κ2) is 7.11. The van der Waals surface area contributed by atoms with E-state index in [0.717, 1.165) is 11.1 Å². The smallest absolute Gasteiger partial charge is 0.319 e. The monoisotopic (exact) mass is 304 g/mol. The Kier molecular flexibility index (Phi) is 5.20. The third kappa shape index (κ3) is 3.97. The molecule has 21 heavy (non-hydrogen) atoms. The number of carbonyl (C=O) groups excluding carboxylic acids is 1. The van der Waals surface area contributed by atoms with Crippen LogP contribution in [0.4, 0.5) is 5.69 Å². The lowest BCUT2D eigenvalue weighted by molar-refractivity contribution is -0.139. The maximum Gasteiger partial charge on any atom is 0.319 e. The summed E-state index contributed by atoms with van der Waals surface area (Å²) >= 11 is 6.06. The van der Waals surface area contributed by atoms with Crippen molar-refractivity contribution in [3.63, 3.8) is 0 Å². The maximum absolute atomic E-state index is 11.4. The fraction of sp³-hybridized carbons (Fsp3) is 0.188. The number of ether oxygens (including phenoxy) is 1. The topological polar surface area (TPSA) is 64.3 Å². The zero-order valence-corrected chi connectivity index (χ0v) is 12.4. The number of nitrogens with one attached hydrogen (secondary N) is 1. The van der Waals surface area contributed by atoms with Gasteiger partial charge >= 0.3 is 5.97 Å². The van der Waals surface area contributed by atoms with Gasteiger partial charge in [-0.05, 0) is 29.3 Å². The molecule has 1 atom stereocenters. The first kappa shape index (κ1) is 15.4. The first-order chi connectivity index (χ1) is 10.1. The van der Waals surface area contributed by atoms with Gasteiger partial charge in [-0.3, -0.25) is 10.1 Å². The number of nitrogen functional groups attached to an aromatic ring is 1. The molecule has 0 radical (unpaired) electrons. The third-order valence-corrected chi connectivity index (χ3v) is 3.41. The van der Waals surface area contributed by atoms with Gasteiger partial charge in [0.2, 0.25) is 0 Å². The van der Waals surface area contributed by atoms with Crippen molar-refractivity contribution in [1.82, 2.24) is 5.32 Å². The normalized spacial score (nSPS) is 11.9. The summed E-state index contributed by atoms with van der Waals surface area (Å²) in [6, 6.07) is 14.8. The Morgan fingerprint density at radius 1 is 1.29 bits per heavy atom. The minimum atomic E-state index is -0.337. The van der Waals surface area contributed by atoms with E-state index in [2.05, 4.69) is 10.1 Å². The van der Waals surface area contributed by atoms with Crippen molar-refractivity contribution in [2.24, 2.45) is 0 Å². The molecule has 0 fully saturated rings. The van der Waals surface area contributed by atoms with Crippen molar-refractivity contribution in [1.29, 1.82) is 0 Å². The standard InChI is InChI=1S/C16H17ClN2O2/c1-21-15(20)10-19-16(11-5-3-2-4-6-11)13-9-12(17)7-8-14(13)18/h2-9,16,19H,10,18H2,1H3. The summed E-state index contributed by atoms with van der Waals surface area (Å²) in [6.07, 6.45) is 0. The van der Waals surface area contributed by atoms with E-state index < -0.39 is 0 Å². The number of carbonyl (C=O) groups is 1. The second-order valence-electron chi connectivity index (χ2n) is 4.57. The molecule has 1 unspecified atom stereocenters. The Morgan fingerprint density at radius 3 is 2.67 bits per heavy atom. The van der Waals surface area contributed by atoms with Gasteiger partial charge in [0.15, 0.2) is 0 Å². The molecular formula is C16H17ClN2O2. The quantitative estimate of drug-likeness (QED) is 0.658.